The number of hydrogen-bond acceptors (Lipinski definition) is 4. The van der Waals surface area contributed by atoms with Gasteiger partial charge in [0.25, 0.3) is 0 Å². The molecule has 0 aliphatic heterocycles. The first-order valence-electron chi connectivity index (χ1n) is 8.01. The summed E-state index contributed by atoms with van der Waals surface area (Å²) in [6, 6.07) is 0.590. The van der Waals surface area contributed by atoms with E-state index in [9.17, 15) is 0 Å². The predicted octanol–water partition coefficient (Wildman–Crippen LogP) is 3.77. The number of aryl methyl sites for hydroxylation is 1. The van der Waals surface area contributed by atoms with Gasteiger partial charge in [0.2, 0.25) is 0 Å². The molecule has 20 heavy (non-hydrogen) atoms. The van der Waals surface area contributed by atoms with Crippen molar-refractivity contribution in [3.63, 3.8) is 0 Å². The highest BCUT2D eigenvalue weighted by Crippen LogP contribution is 2.31. The number of rotatable bonds is 7. The molecule has 0 aromatic carbocycles. The third kappa shape index (κ3) is 3.62. The summed E-state index contributed by atoms with van der Waals surface area (Å²) in [5.41, 5.74) is 1.15. The van der Waals surface area contributed by atoms with Crippen LogP contribution >= 0.6 is 0 Å². The maximum absolute atomic E-state index is 4.72. The summed E-state index contributed by atoms with van der Waals surface area (Å²) in [7, 11) is 0. The Balaban J connectivity index is 2.16. The van der Waals surface area contributed by atoms with E-state index < -0.39 is 0 Å². The van der Waals surface area contributed by atoms with Crippen molar-refractivity contribution in [2.75, 3.05) is 17.2 Å². The van der Waals surface area contributed by atoms with Crippen LogP contribution in [-0.2, 0) is 6.42 Å². The van der Waals surface area contributed by atoms with Gasteiger partial charge in [0.15, 0.2) is 0 Å². The predicted molar refractivity (Wildman–Crippen MR) is 85.4 cm³/mol. The third-order valence-electron chi connectivity index (χ3n) is 3.92. The Morgan fingerprint density at radius 1 is 1.10 bits per heavy atom. The Bertz CT molecular complexity index is 438. The summed E-state index contributed by atoms with van der Waals surface area (Å²) in [5.74, 6) is 3.83. The summed E-state index contributed by atoms with van der Waals surface area (Å²) >= 11 is 0. The first kappa shape index (κ1) is 15.1. The molecule has 0 amide bonds. The van der Waals surface area contributed by atoms with Crippen molar-refractivity contribution < 1.29 is 0 Å². The van der Waals surface area contributed by atoms with Gasteiger partial charge < -0.3 is 10.6 Å². The maximum Gasteiger partial charge on any atom is 0.134 e. The number of anilines is 2. The molecule has 0 bridgehead atoms. The number of aromatic nitrogens is 2. The zero-order chi connectivity index (χ0) is 14.5. The summed E-state index contributed by atoms with van der Waals surface area (Å²) in [6.45, 7) is 9.72. The molecule has 1 aromatic heterocycles. The standard InChI is InChI=1S/C16H28N4/c1-5-7-14-19-15(17-8-6-2)12(4)16(20-14)18-13-9-11(3)10-13/h11,13H,5-10H2,1-4H3,(H2,17,18,19,20). The van der Waals surface area contributed by atoms with Gasteiger partial charge in [-0.15, -0.1) is 0 Å². The molecule has 4 nitrogen and oxygen atoms in total. The largest absolute Gasteiger partial charge is 0.370 e. The van der Waals surface area contributed by atoms with Crippen LogP contribution in [0, 0.1) is 12.8 Å². The van der Waals surface area contributed by atoms with Gasteiger partial charge in [-0.1, -0.05) is 20.8 Å². The Morgan fingerprint density at radius 3 is 2.40 bits per heavy atom. The molecule has 0 saturated heterocycles. The molecule has 4 heteroatoms. The van der Waals surface area contributed by atoms with Crippen molar-refractivity contribution in [3.8, 4) is 0 Å². The molecule has 1 saturated carbocycles. The van der Waals surface area contributed by atoms with Gasteiger partial charge in [-0.2, -0.15) is 0 Å². The van der Waals surface area contributed by atoms with E-state index in [2.05, 4.69) is 43.3 Å². The number of nitrogens with zero attached hydrogens (tertiary/aromatic N) is 2. The van der Waals surface area contributed by atoms with Gasteiger partial charge in [0.05, 0.1) is 0 Å². The van der Waals surface area contributed by atoms with Crippen molar-refractivity contribution in [1.82, 2.24) is 9.97 Å². The summed E-state index contributed by atoms with van der Waals surface area (Å²) in [4.78, 5) is 9.38. The van der Waals surface area contributed by atoms with Gasteiger partial charge in [0.1, 0.15) is 17.5 Å². The van der Waals surface area contributed by atoms with Crippen LogP contribution in [0.5, 0.6) is 0 Å². The molecule has 0 radical (unpaired) electrons. The van der Waals surface area contributed by atoms with Crippen LogP contribution in [0.25, 0.3) is 0 Å². The van der Waals surface area contributed by atoms with Crippen LogP contribution in [0.2, 0.25) is 0 Å². The summed E-state index contributed by atoms with van der Waals surface area (Å²) in [5, 5.41) is 7.03. The molecule has 0 atom stereocenters. The zero-order valence-corrected chi connectivity index (χ0v) is 13.3. The summed E-state index contributed by atoms with van der Waals surface area (Å²) in [6.07, 6.45) is 5.64. The van der Waals surface area contributed by atoms with E-state index in [4.69, 9.17) is 4.98 Å². The second-order valence-corrected chi connectivity index (χ2v) is 6.06. The van der Waals surface area contributed by atoms with Gasteiger partial charge >= 0.3 is 0 Å². The van der Waals surface area contributed by atoms with Gasteiger partial charge in [-0.05, 0) is 38.5 Å². The van der Waals surface area contributed by atoms with Crippen LogP contribution < -0.4 is 10.6 Å². The van der Waals surface area contributed by atoms with Crippen LogP contribution in [0.1, 0.15) is 57.8 Å². The van der Waals surface area contributed by atoms with Crippen LogP contribution in [0.15, 0.2) is 0 Å². The molecular weight excluding hydrogens is 248 g/mol. The molecule has 0 spiro atoms. The van der Waals surface area contributed by atoms with Crippen LogP contribution in [-0.4, -0.2) is 22.6 Å². The third-order valence-corrected chi connectivity index (χ3v) is 3.92. The molecule has 0 unspecified atom stereocenters. The Hall–Kier alpha value is -1.32. The Labute approximate surface area is 122 Å². The molecule has 112 valence electrons. The lowest BCUT2D eigenvalue weighted by Crippen LogP contribution is -2.34. The Morgan fingerprint density at radius 2 is 1.80 bits per heavy atom. The number of hydrogen-bond donors (Lipinski definition) is 2. The quantitative estimate of drug-likeness (QED) is 0.796. The van der Waals surface area contributed by atoms with Crippen LogP contribution in [0.3, 0.4) is 0 Å². The molecule has 2 N–H and O–H groups in total. The van der Waals surface area contributed by atoms with Gasteiger partial charge in [-0.3, -0.25) is 0 Å². The van der Waals surface area contributed by atoms with Crippen molar-refractivity contribution in [2.24, 2.45) is 5.92 Å². The molecule has 2 rings (SSSR count). The lowest BCUT2D eigenvalue weighted by Gasteiger charge is -2.34. The van der Waals surface area contributed by atoms with Crippen molar-refractivity contribution in [1.29, 1.82) is 0 Å². The first-order valence-corrected chi connectivity index (χ1v) is 8.01. The fourth-order valence-corrected chi connectivity index (χ4v) is 2.67. The summed E-state index contributed by atoms with van der Waals surface area (Å²) < 4.78 is 0. The van der Waals surface area contributed by atoms with E-state index >= 15 is 0 Å². The lowest BCUT2D eigenvalue weighted by atomic mass is 9.82. The van der Waals surface area contributed by atoms with E-state index in [1.54, 1.807) is 0 Å². The number of nitrogens with one attached hydrogen (secondary N) is 2. The highest BCUT2D eigenvalue weighted by Gasteiger charge is 2.26. The molecule has 1 aromatic rings. The molecule has 1 aliphatic rings. The minimum Gasteiger partial charge on any atom is -0.370 e. The van der Waals surface area contributed by atoms with Crippen LogP contribution in [0.4, 0.5) is 11.6 Å². The fourth-order valence-electron chi connectivity index (χ4n) is 2.67. The van der Waals surface area contributed by atoms with E-state index in [1.165, 1.54) is 12.8 Å². The van der Waals surface area contributed by atoms with E-state index in [1.807, 2.05) is 0 Å². The monoisotopic (exact) mass is 276 g/mol. The van der Waals surface area contributed by atoms with E-state index in [-0.39, 0.29) is 0 Å². The van der Waals surface area contributed by atoms with Crippen molar-refractivity contribution in [2.45, 2.75) is 65.8 Å². The highest BCUT2D eigenvalue weighted by atomic mass is 15.1. The van der Waals surface area contributed by atoms with Gasteiger partial charge in [-0.25, -0.2) is 9.97 Å². The normalized spacial score (nSPS) is 21.4. The lowest BCUT2D eigenvalue weighted by molar-refractivity contribution is 0.308. The topological polar surface area (TPSA) is 49.8 Å². The maximum atomic E-state index is 4.72. The van der Waals surface area contributed by atoms with E-state index in [0.29, 0.717) is 6.04 Å². The van der Waals surface area contributed by atoms with Crippen molar-refractivity contribution in [3.05, 3.63) is 11.4 Å². The van der Waals surface area contributed by atoms with Gasteiger partial charge in [0, 0.05) is 24.6 Å². The second kappa shape index (κ2) is 6.91. The average molecular weight is 276 g/mol. The minimum absolute atomic E-state index is 0.590. The molecule has 1 aliphatic carbocycles. The first-order chi connectivity index (χ1) is 9.63. The second-order valence-electron chi connectivity index (χ2n) is 6.06. The smallest absolute Gasteiger partial charge is 0.134 e. The fraction of sp³-hybridized carbons (Fsp3) is 0.750. The SMILES string of the molecule is CCCNc1nc(CCC)nc(NC2CC(C)C2)c1C. The molecule has 1 fully saturated rings. The van der Waals surface area contributed by atoms with Crippen molar-refractivity contribution >= 4 is 11.6 Å². The zero-order valence-electron chi connectivity index (χ0n) is 13.3. The Kier molecular flexibility index (Phi) is 5.21. The molecular formula is C16H28N4. The van der Waals surface area contributed by atoms with E-state index in [0.717, 1.165) is 54.7 Å². The highest BCUT2D eigenvalue weighted by molar-refractivity contribution is 5.57. The average Bonchev–Trinajstić information content (AvgIpc) is 2.39. The minimum atomic E-state index is 0.590. The molecule has 1 heterocycles.